The number of carbonyl (C=O) groups excluding carboxylic acids is 2. The van der Waals surface area contributed by atoms with E-state index in [1.54, 1.807) is 13.0 Å². The molecule has 3 aromatic rings. The van der Waals surface area contributed by atoms with Gasteiger partial charge in [0.1, 0.15) is 11.0 Å². The Hall–Kier alpha value is -3.06. The maximum absolute atomic E-state index is 13.0. The van der Waals surface area contributed by atoms with Crippen LogP contribution in [0.5, 0.6) is 0 Å². The summed E-state index contributed by atoms with van der Waals surface area (Å²) in [4.78, 5) is 25.9. The van der Waals surface area contributed by atoms with Gasteiger partial charge in [-0.15, -0.1) is 11.8 Å². The monoisotopic (exact) mass is 423 g/mol. The minimum absolute atomic E-state index is 0.00208. The summed E-state index contributed by atoms with van der Waals surface area (Å²) < 4.78 is 5.04. The van der Waals surface area contributed by atoms with Gasteiger partial charge in [0.2, 0.25) is 11.8 Å². The maximum atomic E-state index is 13.0. The normalized spacial score (nSPS) is 11.7. The second-order valence-corrected chi connectivity index (χ2v) is 8.08. The maximum Gasteiger partial charge on any atom is 0.243 e. The first kappa shape index (κ1) is 21.6. The van der Waals surface area contributed by atoms with Gasteiger partial charge < -0.3 is 15.2 Å². The van der Waals surface area contributed by atoms with Crippen molar-refractivity contribution in [1.29, 1.82) is 0 Å². The zero-order valence-electron chi connectivity index (χ0n) is 17.1. The molecule has 1 atom stereocenters. The standard InChI is InChI=1S/C23H25N3O3S/c1-3-4-13-21(27)24-18-11-8-12-19(15-18)30-22(17-9-6-5-7-10-17)23(28)25-20-14-16(2)29-26-20/h5-12,14-15,22H,3-4,13H2,1-2H3,(H,24,27)(H,25,26,28). The summed E-state index contributed by atoms with van der Waals surface area (Å²) in [5, 5.41) is 9.10. The summed E-state index contributed by atoms with van der Waals surface area (Å²) in [7, 11) is 0. The first-order valence-electron chi connectivity index (χ1n) is 9.91. The van der Waals surface area contributed by atoms with E-state index in [0.29, 0.717) is 18.0 Å². The lowest BCUT2D eigenvalue weighted by atomic mass is 10.1. The molecule has 0 saturated carbocycles. The molecule has 0 aliphatic rings. The molecule has 1 heterocycles. The molecule has 2 N–H and O–H groups in total. The molecule has 2 amide bonds. The topological polar surface area (TPSA) is 84.2 Å². The van der Waals surface area contributed by atoms with Gasteiger partial charge in [-0.05, 0) is 37.1 Å². The first-order chi connectivity index (χ1) is 14.5. The third-order valence-electron chi connectivity index (χ3n) is 4.35. The van der Waals surface area contributed by atoms with Gasteiger partial charge >= 0.3 is 0 Å². The minimum atomic E-state index is -0.491. The molecular weight excluding hydrogens is 398 g/mol. The number of aromatic nitrogens is 1. The second kappa shape index (κ2) is 10.6. The van der Waals surface area contributed by atoms with Crippen molar-refractivity contribution in [2.24, 2.45) is 0 Å². The molecule has 156 valence electrons. The SMILES string of the molecule is CCCCC(=O)Nc1cccc(SC(C(=O)Nc2cc(C)on2)c2ccccc2)c1. The van der Waals surface area contributed by atoms with E-state index >= 15 is 0 Å². The molecule has 2 aromatic carbocycles. The number of benzene rings is 2. The molecule has 3 rings (SSSR count). The van der Waals surface area contributed by atoms with Gasteiger partial charge in [-0.1, -0.05) is 54.9 Å². The van der Waals surface area contributed by atoms with E-state index in [0.717, 1.165) is 29.0 Å². The van der Waals surface area contributed by atoms with Crippen molar-refractivity contribution in [2.45, 2.75) is 43.3 Å². The molecule has 0 aliphatic heterocycles. The number of hydrogen-bond acceptors (Lipinski definition) is 5. The highest BCUT2D eigenvalue weighted by molar-refractivity contribution is 8.00. The number of nitrogens with one attached hydrogen (secondary N) is 2. The van der Waals surface area contributed by atoms with Gasteiger partial charge in [-0.3, -0.25) is 9.59 Å². The summed E-state index contributed by atoms with van der Waals surface area (Å²) in [6, 6.07) is 18.8. The van der Waals surface area contributed by atoms with Crippen LogP contribution in [-0.4, -0.2) is 17.0 Å². The summed E-state index contributed by atoms with van der Waals surface area (Å²) >= 11 is 1.41. The number of carbonyl (C=O) groups is 2. The molecule has 0 saturated heterocycles. The number of thioether (sulfide) groups is 1. The van der Waals surface area contributed by atoms with E-state index in [-0.39, 0.29) is 11.8 Å². The molecule has 1 aromatic heterocycles. The van der Waals surface area contributed by atoms with Crippen LogP contribution in [0.3, 0.4) is 0 Å². The van der Waals surface area contributed by atoms with Gasteiger partial charge in [0.15, 0.2) is 5.82 Å². The van der Waals surface area contributed by atoms with E-state index in [1.807, 2.05) is 54.6 Å². The van der Waals surface area contributed by atoms with Crippen molar-refractivity contribution in [3.63, 3.8) is 0 Å². The Labute approximate surface area is 180 Å². The van der Waals surface area contributed by atoms with Gasteiger partial charge in [-0.25, -0.2) is 0 Å². The highest BCUT2D eigenvalue weighted by Gasteiger charge is 2.23. The number of unbranched alkanes of at least 4 members (excludes halogenated alkanes) is 1. The van der Waals surface area contributed by atoms with Crippen molar-refractivity contribution in [3.05, 3.63) is 72.0 Å². The number of anilines is 2. The lowest BCUT2D eigenvalue weighted by Gasteiger charge is -2.17. The van der Waals surface area contributed by atoms with Crippen LogP contribution in [0.25, 0.3) is 0 Å². The van der Waals surface area contributed by atoms with Crippen molar-refractivity contribution in [3.8, 4) is 0 Å². The molecule has 0 bridgehead atoms. The first-order valence-corrected chi connectivity index (χ1v) is 10.8. The summed E-state index contributed by atoms with van der Waals surface area (Å²) in [6.45, 7) is 3.83. The van der Waals surface area contributed by atoms with Crippen molar-refractivity contribution >= 4 is 35.1 Å². The van der Waals surface area contributed by atoms with E-state index in [4.69, 9.17) is 4.52 Å². The smallest absolute Gasteiger partial charge is 0.243 e. The van der Waals surface area contributed by atoms with Crippen LogP contribution in [0.1, 0.15) is 42.8 Å². The quantitative estimate of drug-likeness (QED) is 0.439. The Morgan fingerprint density at radius 1 is 1.07 bits per heavy atom. The van der Waals surface area contributed by atoms with E-state index in [1.165, 1.54) is 11.8 Å². The summed E-state index contributed by atoms with van der Waals surface area (Å²) in [6.07, 6.45) is 2.33. The van der Waals surface area contributed by atoms with Crippen LogP contribution in [-0.2, 0) is 9.59 Å². The highest BCUT2D eigenvalue weighted by Crippen LogP contribution is 2.37. The van der Waals surface area contributed by atoms with Gasteiger partial charge in [0.25, 0.3) is 0 Å². The average molecular weight is 424 g/mol. The van der Waals surface area contributed by atoms with Crippen LogP contribution >= 0.6 is 11.8 Å². The molecule has 0 aliphatic carbocycles. The van der Waals surface area contributed by atoms with Crippen molar-refractivity contribution in [2.75, 3.05) is 10.6 Å². The van der Waals surface area contributed by atoms with Crippen LogP contribution in [0.2, 0.25) is 0 Å². The van der Waals surface area contributed by atoms with E-state index in [9.17, 15) is 9.59 Å². The fraction of sp³-hybridized carbons (Fsp3) is 0.261. The number of amides is 2. The Balaban J connectivity index is 1.77. The van der Waals surface area contributed by atoms with Crippen molar-refractivity contribution in [1.82, 2.24) is 5.16 Å². The van der Waals surface area contributed by atoms with Crippen molar-refractivity contribution < 1.29 is 14.1 Å². The predicted octanol–water partition coefficient (Wildman–Crippen LogP) is 5.58. The van der Waals surface area contributed by atoms with E-state index in [2.05, 4.69) is 22.7 Å². The fourth-order valence-corrected chi connectivity index (χ4v) is 3.95. The predicted molar refractivity (Wildman–Crippen MR) is 120 cm³/mol. The fourth-order valence-electron chi connectivity index (χ4n) is 2.86. The third-order valence-corrected chi connectivity index (χ3v) is 5.60. The van der Waals surface area contributed by atoms with Crippen LogP contribution in [0.4, 0.5) is 11.5 Å². The molecule has 6 nitrogen and oxygen atoms in total. The van der Waals surface area contributed by atoms with Gasteiger partial charge in [-0.2, -0.15) is 0 Å². The zero-order chi connectivity index (χ0) is 21.3. The van der Waals surface area contributed by atoms with Gasteiger partial charge in [0, 0.05) is 23.1 Å². The average Bonchev–Trinajstić information content (AvgIpc) is 3.15. The Morgan fingerprint density at radius 2 is 1.87 bits per heavy atom. The lowest BCUT2D eigenvalue weighted by Crippen LogP contribution is -2.19. The number of hydrogen-bond donors (Lipinski definition) is 2. The molecule has 0 fully saturated rings. The number of nitrogens with zero attached hydrogens (tertiary/aromatic N) is 1. The molecule has 0 spiro atoms. The molecule has 0 radical (unpaired) electrons. The molecular formula is C23H25N3O3S. The summed E-state index contributed by atoms with van der Waals surface area (Å²) in [5.74, 6) is 0.811. The molecule has 30 heavy (non-hydrogen) atoms. The minimum Gasteiger partial charge on any atom is -0.360 e. The van der Waals surface area contributed by atoms with E-state index < -0.39 is 5.25 Å². The second-order valence-electron chi connectivity index (χ2n) is 6.90. The van der Waals surface area contributed by atoms with Crippen LogP contribution in [0.15, 0.2) is 70.1 Å². The van der Waals surface area contributed by atoms with Crippen LogP contribution in [0, 0.1) is 6.92 Å². The lowest BCUT2D eigenvalue weighted by molar-refractivity contribution is -0.116. The largest absolute Gasteiger partial charge is 0.360 e. The highest BCUT2D eigenvalue weighted by atomic mass is 32.2. The number of rotatable bonds is 9. The van der Waals surface area contributed by atoms with Crippen LogP contribution < -0.4 is 10.6 Å². The van der Waals surface area contributed by atoms with Gasteiger partial charge in [0.05, 0.1) is 0 Å². The molecule has 1 unspecified atom stereocenters. The zero-order valence-corrected chi connectivity index (χ0v) is 17.9. The Bertz CT molecular complexity index is 988. The third kappa shape index (κ3) is 6.22. The Morgan fingerprint density at radius 3 is 2.57 bits per heavy atom. The molecule has 7 heteroatoms. The Kier molecular flexibility index (Phi) is 7.68. The number of aryl methyl sites for hydroxylation is 1. The summed E-state index contributed by atoms with van der Waals surface area (Å²) in [5.41, 5.74) is 1.60.